The lowest BCUT2D eigenvalue weighted by Gasteiger charge is -1.88. The van der Waals surface area contributed by atoms with Crippen LogP contribution < -0.4 is 0 Å². The minimum atomic E-state index is -0.775. The molecule has 0 fully saturated rings. The summed E-state index contributed by atoms with van der Waals surface area (Å²) in [5.74, 6) is -0.775. The van der Waals surface area contributed by atoms with E-state index in [4.69, 9.17) is 5.11 Å². The van der Waals surface area contributed by atoms with Crippen LogP contribution in [0.25, 0.3) is 6.08 Å². The number of imidazole rings is 1. The molecule has 0 aliphatic rings. The van der Waals surface area contributed by atoms with Gasteiger partial charge >= 0.3 is 5.97 Å². The summed E-state index contributed by atoms with van der Waals surface area (Å²) >= 11 is 0. The van der Waals surface area contributed by atoms with E-state index in [1.165, 1.54) is 0 Å². The number of carboxylic acids is 1. The number of carbonyl (C=O) groups is 1. The van der Waals surface area contributed by atoms with Crippen molar-refractivity contribution < 1.29 is 9.90 Å². The van der Waals surface area contributed by atoms with Crippen molar-refractivity contribution in [1.82, 2.24) is 9.97 Å². The summed E-state index contributed by atoms with van der Waals surface area (Å²) < 4.78 is 0. The number of nitrogens with zero attached hydrogens (tertiary/aromatic N) is 1. The van der Waals surface area contributed by atoms with Crippen LogP contribution in [-0.2, 0) is 4.79 Å². The van der Waals surface area contributed by atoms with E-state index in [0.717, 1.165) is 11.4 Å². The average molecular weight is 180 g/mol. The second-order valence-corrected chi connectivity index (χ2v) is 2.75. The van der Waals surface area contributed by atoms with E-state index in [-0.39, 0.29) is 6.42 Å². The summed E-state index contributed by atoms with van der Waals surface area (Å²) in [7, 11) is 0. The maximum absolute atomic E-state index is 10.2. The normalized spacial score (nSPS) is 10.8. The quantitative estimate of drug-likeness (QED) is 0.739. The standard InChI is InChI=1S/C9H12N2O2/c1-7-8(11-6-10-7)4-2-3-5-9(12)13/h2,4,6H,3,5H2,1H3,(H,10,11)(H,12,13)/b4-2+. The second kappa shape index (κ2) is 4.45. The first-order valence-corrected chi connectivity index (χ1v) is 4.08. The molecule has 0 aliphatic heterocycles. The molecule has 0 bridgehead atoms. The number of aryl methyl sites for hydroxylation is 1. The SMILES string of the molecule is Cc1[nH]cnc1/C=C/CCC(=O)O. The molecule has 70 valence electrons. The van der Waals surface area contributed by atoms with Crippen molar-refractivity contribution in [2.24, 2.45) is 0 Å². The van der Waals surface area contributed by atoms with Crippen LogP contribution in [0.3, 0.4) is 0 Å². The summed E-state index contributed by atoms with van der Waals surface area (Å²) in [4.78, 5) is 17.2. The first kappa shape index (κ1) is 9.51. The summed E-state index contributed by atoms with van der Waals surface area (Å²) in [6, 6.07) is 0. The van der Waals surface area contributed by atoms with Gasteiger partial charge in [-0.05, 0) is 19.4 Å². The van der Waals surface area contributed by atoms with Gasteiger partial charge in [-0.25, -0.2) is 4.98 Å². The average Bonchev–Trinajstić information content (AvgIpc) is 2.45. The van der Waals surface area contributed by atoms with Gasteiger partial charge in [-0.2, -0.15) is 0 Å². The highest BCUT2D eigenvalue weighted by molar-refractivity contribution is 5.67. The van der Waals surface area contributed by atoms with Crippen LogP contribution in [0.15, 0.2) is 12.4 Å². The van der Waals surface area contributed by atoms with Gasteiger partial charge in [0, 0.05) is 12.1 Å². The molecule has 1 rings (SSSR count). The van der Waals surface area contributed by atoms with Crippen molar-refractivity contribution in [3.63, 3.8) is 0 Å². The Balaban J connectivity index is 2.41. The fraction of sp³-hybridized carbons (Fsp3) is 0.333. The molecule has 0 atom stereocenters. The predicted molar refractivity (Wildman–Crippen MR) is 49.2 cm³/mol. The number of aliphatic carboxylic acids is 1. The zero-order valence-electron chi connectivity index (χ0n) is 7.45. The number of rotatable bonds is 4. The van der Waals surface area contributed by atoms with Crippen LogP contribution in [0.1, 0.15) is 24.2 Å². The van der Waals surface area contributed by atoms with Gasteiger partial charge < -0.3 is 10.1 Å². The summed E-state index contributed by atoms with van der Waals surface area (Å²) in [6.45, 7) is 1.92. The lowest BCUT2D eigenvalue weighted by molar-refractivity contribution is -0.136. The minimum Gasteiger partial charge on any atom is -0.481 e. The molecule has 0 aromatic carbocycles. The van der Waals surface area contributed by atoms with Gasteiger partial charge in [0.15, 0.2) is 0 Å². The van der Waals surface area contributed by atoms with Crippen molar-refractivity contribution in [1.29, 1.82) is 0 Å². The van der Waals surface area contributed by atoms with E-state index in [1.807, 2.05) is 19.1 Å². The third-order valence-electron chi connectivity index (χ3n) is 1.67. The zero-order valence-corrected chi connectivity index (χ0v) is 7.45. The van der Waals surface area contributed by atoms with E-state index in [1.54, 1.807) is 6.33 Å². The summed E-state index contributed by atoms with van der Waals surface area (Å²) in [6.07, 6.45) is 5.97. The topological polar surface area (TPSA) is 66.0 Å². The molecule has 0 saturated carbocycles. The molecular weight excluding hydrogens is 168 g/mol. The maximum Gasteiger partial charge on any atom is 0.303 e. The monoisotopic (exact) mass is 180 g/mol. The van der Waals surface area contributed by atoms with E-state index >= 15 is 0 Å². The molecule has 0 saturated heterocycles. The van der Waals surface area contributed by atoms with Crippen LogP contribution >= 0.6 is 0 Å². The van der Waals surface area contributed by atoms with E-state index in [9.17, 15) is 4.79 Å². The fourth-order valence-electron chi connectivity index (χ4n) is 0.939. The Hall–Kier alpha value is -1.58. The van der Waals surface area contributed by atoms with Crippen molar-refractivity contribution in [2.75, 3.05) is 0 Å². The van der Waals surface area contributed by atoms with Gasteiger partial charge in [-0.15, -0.1) is 0 Å². The number of H-pyrrole nitrogens is 1. The molecule has 13 heavy (non-hydrogen) atoms. The zero-order chi connectivity index (χ0) is 9.68. The first-order valence-electron chi connectivity index (χ1n) is 4.08. The fourth-order valence-corrected chi connectivity index (χ4v) is 0.939. The largest absolute Gasteiger partial charge is 0.481 e. The Bertz CT molecular complexity index is 315. The summed E-state index contributed by atoms with van der Waals surface area (Å²) in [5, 5.41) is 8.37. The number of nitrogens with one attached hydrogen (secondary N) is 1. The molecule has 1 aromatic heterocycles. The Morgan fingerprint density at radius 3 is 3.08 bits per heavy atom. The van der Waals surface area contributed by atoms with Gasteiger partial charge in [0.2, 0.25) is 0 Å². The van der Waals surface area contributed by atoms with Crippen LogP contribution in [0, 0.1) is 6.92 Å². The van der Waals surface area contributed by atoms with Crippen molar-refractivity contribution >= 4 is 12.0 Å². The molecule has 4 nitrogen and oxygen atoms in total. The van der Waals surface area contributed by atoms with Crippen molar-refractivity contribution in [3.8, 4) is 0 Å². The van der Waals surface area contributed by atoms with E-state index < -0.39 is 5.97 Å². The molecule has 4 heteroatoms. The number of hydrogen-bond donors (Lipinski definition) is 2. The number of aromatic nitrogens is 2. The Morgan fingerprint density at radius 1 is 1.77 bits per heavy atom. The van der Waals surface area contributed by atoms with E-state index in [0.29, 0.717) is 6.42 Å². The van der Waals surface area contributed by atoms with Crippen LogP contribution in [-0.4, -0.2) is 21.0 Å². The van der Waals surface area contributed by atoms with Crippen molar-refractivity contribution in [2.45, 2.75) is 19.8 Å². The number of carboxylic acid groups (broad SMARTS) is 1. The molecular formula is C9H12N2O2. The Morgan fingerprint density at radius 2 is 2.54 bits per heavy atom. The summed E-state index contributed by atoms with van der Waals surface area (Å²) in [5.41, 5.74) is 1.86. The first-order chi connectivity index (χ1) is 6.20. The van der Waals surface area contributed by atoms with Crippen LogP contribution in [0.5, 0.6) is 0 Å². The molecule has 0 aliphatic carbocycles. The van der Waals surface area contributed by atoms with Crippen LogP contribution in [0.2, 0.25) is 0 Å². The number of hydrogen-bond acceptors (Lipinski definition) is 2. The minimum absolute atomic E-state index is 0.167. The number of aromatic amines is 1. The van der Waals surface area contributed by atoms with Gasteiger partial charge in [0.1, 0.15) is 0 Å². The van der Waals surface area contributed by atoms with Crippen LogP contribution in [0.4, 0.5) is 0 Å². The predicted octanol–water partition coefficient (Wildman–Crippen LogP) is 1.60. The van der Waals surface area contributed by atoms with Crippen molar-refractivity contribution in [3.05, 3.63) is 23.8 Å². The lowest BCUT2D eigenvalue weighted by Crippen LogP contribution is -1.91. The second-order valence-electron chi connectivity index (χ2n) is 2.75. The third kappa shape index (κ3) is 3.11. The highest BCUT2D eigenvalue weighted by Crippen LogP contribution is 2.04. The third-order valence-corrected chi connectivity index (χ3v) is 1.67. The maximum atomic E-state index is 10.2. The smallest absolute Gasteiger partial charge is 0.303 e. The lowest BCUT2D eigenvalue weighted by atomic mass is 10.2. The molecule has 0 radical (unpaired) electrons. The highest BCUT2D eigenvalue weighted by atomic mass is 16.4. The molecule has 1 aromatic rings. The van der Waals surface area contributed by atoms with E-state index in [2.05, 4.69) is 9.97 Å². The Kier molecular flexibility index (Phi) is 3.25. The molecule has 0 unspecified atom stereocenters. The van der Waals surface area contributed by atoms with Gasteiger partial charge in [-0.1, -0.05) is 6.08 Å². The molecule has 2 N–H and O–H groups in total. The number of allylic oxidation sites excluding steroid dienone is 1. The molecule has 0 amide bonds. The Labute approximate surface area is 76.3 Å². The van der Waals surface area contributed by atoms with Gasteiger partial charge in [-0.3, -0.25) is 4.79 Å². The molecule has 1 heterocycles. The molecule has 0 spiro atoms. The highest BCUT2D eigenvalue weighted by Gasteiger charge is 1.95. The van der Waals surface area contributed by atoms with Gasteiger partial charge in [0.25, 0.3) is 0 Å². The van der Waals surface area contributed by atoms with Gasteiger partial charge in [0.05, 0.1) is 12.0 Å².